The molecule has 1 aliphatic carbocycles. The Morgan fingerprint density at radius 2 is 1.89 bits per heavy atom. The first kappa shape index (κ1) is 24.8. The first-order valence-corrected chi connectivity index (χ1v) is 13.1. The van der Waals surface area contributed by atoms with Crippen LogP contribution in [0.25, 0.3) is 22.2 Å². The molecule has 1 aromatic heterocycles. The molecular formula is C29H37FN4O2. The zero-order valence-corrected chi connectivity index (χ0v) is 21.5. The molecule has 1 saturated carbocycles. The van der Waals surface area contributed by atoms with E-state index in [1.807, 2.05) is 18.2 Å². The fourth-order valence-corrected chi connectivity index (χ4v) is 5.96. The summed E-state index contributed by atoms with van der Waals surface area (Å²) in [5.41, 5.74) is 5.34. The number of carbonyl (C=O) groups is 1. The number of alkyl halides is 1. The predicted octanol–water partition coefficient (Wildman–Crippen LogP) is 5.29. The number of carboxylic acids is 1. The molecule has 36 heavy (non-hydrogen) atoms. The van der Waals surface area contributed by atoms with Gasteiger partial charge >= 0.3 is 5.97 Å². The number of hydrogen-bond donors (Lipinski definition) is 2. The largest absolute Gasteiger partial charge is 0.478 e. The number of hydrogen-bond acceptors (Lipinski definition) is 4. The molecule has 2 unspecified atom stereocenters. The Hall–Kier alpha value is -2.90. The molecule has 0 amide bonds. The van der Waals surface area contributed by atoms with Crippen molar-refractivity contribution in [1.82, 2.24) is 14.4 Å². The molecule has 0 saturated heterocycles. The molecule has 5 rings (SSSR count). The third kappa shape index (κ3) is 4.62. The standard InChI is InChI=1S/C29H37FN4O2/c1-32(2)14-15-33(3)20-17-31-25-11-7-5-9-22(25)28-27(21-8-4-6-10-24(21)30)23-13-12-19(29(35)36)16-26(23)34(28)18-20/h5,7,9,11-13,16,20-21,24,31H,4,6,8,10,14-15,17-18H2,1-3H3,(H,35,36)/t20?,21?,24-/m0/s1. The molecule has 1 aliphatic heterocycles. The molecule has 0 radical (unpaired) electrons. The number of benzene rings is 2. The molecule has 1 fully saturated rings. The predicted molar refractivity (Wildman–Crippen MR) is 144 cm³/mol. The molecule has 192 valence electrons. The zero-order chi connectivity index (χ0) is 25.4. The monoisotopic (exact) mass is 492 g/mol. The van der Waals surface area contributed by atoms with Gasteiger partial charge in [0.05, 0.1) is 11.3 Å². The second-order valence-electron chi connectivity index (χ2n) is 10.7. The van der Waals surface area contributed by atoms with Crippen LogP contribution in [0.1, 0.15) is 47.5 Å². The van der Waals surface area contributed by atoms with Gasteiger partial charge in [0.25, 0.3) is 0 Å². The van der Waals surface area contributed by atoms with E-state index in [1.165, 1.54) is 0 Å². The van der Waals surface area contributed by atoms with Crippen LogP contribution in [0.3, 0.4) is 0 Å². The van der Waals surface area contributed by atoms with E-state index in [4.69, 9.17) is 0 Å². The van der Waals surface area contributed by atoms with Crippen molar-refractivity contribution >= 4 is 22.6 Å². The minimum atomic E-state index is -0.942. The van der Waals surface area contributed by atoms with Gasteiger partial charge in [-0.05, 0) is 57.7 Å². The molecule has 7 heteroatoms. The summed E-state index contributed by atoms with van der Waals surface area (Å²) >= 11 is 0. The van der Waals surface area contributed by atoms with Crippen molar-refractivity contribution in [2.45, 2.75) is 50.4 Å². The second-order valence-corrected chi connectivity index (χ2v) is 10.7. The summed E-state index contributed by atoms with van der Waals surface area (Å²) in [5, 5.41) is 14.4. The lowest BCUT2D eigenvalue weighted by Gasteiger charge is -2.34. The number of halogens is 1. The van der Waals surface area contributed by atoms with Crippen LogP contribution in [0.2, 0.25) is 0 Å². The summed E-state index contributed by atoms with van der Waals surface area (Å²) in [6.45, 7) is 3.33. The molecule has 0 spiro atoms. The van der Waals surface area contributed by atoms with Crippen molar-refractivity contribution < 1.29 is 14.3 Å². The zero-order valence-electron chi connectivity index (χ0n) is 21.5. The van der Waals surface area contributed by atoms with Crippen LogP contribution < -0.4 is 5.32 Å². The van der Waals surface area contributed by atoms with Gasteiger partial charge in [-0.15, -0.1) is 0 Å². The van der Waals surface area contributed by atoms with E-state index < -0.39 is 12.1 Å². The topological polar surface area (TPSA) is 60.7 Å². The van der Waals surface area contributed by atoms with Gasteiger partial charge in [-0.25, -0.2) is 9.18 Å². The highest BCUT2D eigenvalue weighted by Gasteiger charge is 2.35. The van der Waals surface area contributed by atoms with E-state index in [0.717, 1.165) is 72.3 Å². The Morgan fingerprint density at radius 1 is 1.11 bits per heavy atom. The lowest BCUT2D eigenvalue weighted by atomic mass is 9.80. The van der Waals surface area contributed by atoms with Gasteiger partial charge in [-0.1, -0.05) is 37.1 Å². The van der Waals surface area contributed by atoms with Crippen LogP contribution in [0.5, 0.6) is 0 Å². The Kier molecular flexibility index (Phi) is 7.04. The molecule has 3 aromatic rings. The van der Waals surface area contributed by atoms with Gasteiger partial charge in [0.1, 0.15) is 6.17 Å². The summed E-state index contributed by atoms with van der Waals surface area (Å²) in [4.78, 5) is 16.5. The van der Waals surface area contributed by atoms with Crippen molar-refractivity contribution in [2.24, 2.45) is 0 Å². The Balaban J connectivity index is 1.74. The average molecular weight is 493 g/mol. The molecule has 2 aromatic carbocycles. The van der Waals surface area contributed by atoms with E-state index in [2.05, 4.69) is 53.0 Å². The van der Waals surface area contributed by atoms with Crippen molar-refractivity contribution in [3.8, 4) is 11.3 Å². The number of para-hydroxylation sites is 1. The van der Waals surface area contributed by atoms with Crippen molar-refractivity contribution in [1.29, 1.82) is 0 Å². The summed E-state index contributed by atoms with van der Waals surface area (Å²) < 4.78 is 17.8. The third-order valence-electron chi connectivity index (χ3n) is 8.03. The van der Waals surface area contributed by atoms with Crippen LogP contribution in [0.4, 0.5) is 10.1 Å². The molecule has 6 nitrogen and oxygen atoms in total. The lowest BCUT2D eigenvalue weighted by Crippen LogP contribution is -2.44. The fourth-order valence-electron chi connectivity index (χ4n) is 5.96. The molecular weight excluding hydrogens is 455 g/mol. The molecule has 3 atom stereocenters. The lowest BCUT2D eigenvalue weighted by molar-refractivity contribution is 0.0697. The van der Waals surface area contributed by atoms with Crippen molar-refractivity contribution in [3.05, 3.63) is 53.6 Å². The average Bonchev–Trinajstić information content (AvgIpc) is 3.16. The van der Waals surface area contributed by atoms with E-state index in [1.54, 1.807) is 12.1 Å². The number of aromatic nitrogens is 1. The number of anilines is 1. The Bertz CT molecular complexity index is 1250. The minimum absolute atomic E-state index is 0.182. The first-order chi connectivity index (χ1) is 17.3. The number of carboxylic acid groups (broad SMARTS) is 1. The van der Waals surface area contributed by atoms with E-state index >= 15 is 4.39 Å². The maximum atomic E-state index is 15.5. The Morgan fingerprint density at radius 3 is 2.64 bits per heavy atom. The summed E-state index contributed by atoms with van der Waals surface area (Å²) in [6, 6.07) is 13.8. The SMILES string of the molecule is CN(C)CCN(C)C1CNc2ccccc2-c2c(C3CCCC[C@@H]3F)c3ccc(C(=O)O)cc3n2C1. The smallest absolute Gasteiger partial charge is 0.335 e. The molecule has 2 N–H and O–H groups in total. The molecule has 0 bridgehead atoms. The van der Waals surface area contributed by atoms with Gasteiger partial charge in [0.2, 0.25) is 0 Å². The fraction of sp³-hybridized carbons (Fsp3) is 0.483. The highest BCUT2D eigenvalue weighted by atomic mass is 19.1. The number of aromatic carboxylic acids is 1. The number of rotatable bonds is 6. The number of likely N-dealkylation sites (N-methyl/N-ethyl adjacent to an activating group) is 2. The quantitative estimate of drug-likeness (QED) is 0.490. The van der Waals surface area contributed by atoms with Crippen LogP contribution in [-0.4, -0.2) is 78.4 Å². The van der Waals surface area contributed by atoms with Gasteiger partial charge in [0.15, 0.2) is 0 Å². The van der Waals surface area contributed by atoms with Gasteiger partial charge < -0.3 is 19.9 Å². The number of nitrogens with one attached hydrogen (secondary N) is 1. The van der Waals surface area contributed by atoms with E-state index in [-0.39, 0.29) is 17.5 Å². The van der Waals surface area contributed by atoms with Gasteiger partial charge in [-0.3, -0.25) is 4.90 Å². The maximum Gasteiger partial charge on any atom is 0.335 e. The maximum absolute atomic E-state index is 15.5. The van der Waals surface area contributed by atoms with E-state index in [0.29, 0.717) is 13.0 Å². The number of nitrogens with zero attached hydrogens (tertiary/aromatic N) is 3. The van der Waals surface area contributed by atoms with Crippen LogP contribution in [0, 0.1) is 0 Å². The minimum Gasteiger partial charge on any atom is -0.478 e. The third-order valence-corrected chi connectivity index (χ3v) is 8.03. The molecule has 2 aliphatic rings. The Labute approximate surface area is 212 Å². The van der Waals surface area contributed by atoms with Gasteiger partial charge in [0, 0.05) is 60.3 Å². The number of fused-ring (bicyclic) bond motifs is 5. The highest BCUT2D eigenvalue weighted by Crippen LogP contribution is 2.47. The van der Waals surface area contributed by atoms with Gasteiger partial charge in [-0.2, -0.15) is 0 Å². The highest BCUT2D eigenvalue weighted by molar-refractivity contribution is 5.99. The van der Waals surface area contributed by atoms with Crippen LogP contribution >= 0.6 is 0 Å². The van der Waals surface area contributed by atoms with Crippen LogP contribution in [-0.2, 0) is 6.54 Å². The summed E-state index contributed by atoms with van der Waals surface area (Å²) in [5.74, 6) is -1.13. The second kappa shape index (κ2) is 10.2. The normalized spacial score (nSPS) is 22.1. The van der Waals surface area contributed by atoms with Crippen molar-refractivity contribution in [3.63, 3.8) is 0 Å². The van der Waals surface area contributed by atoms with Crippen molar-refractivity contribution in [2.75, 3.05) is 46.1 Å². The summed E-state index contributed by atoms with van der Waals surface area (Å²) in [6.07, 6.45) is 2.44. The summed E-state index contributed by atoms with van der Waals surface area (Å²) in [7, 11) is 6.31. The van der Waals surface area contributed by atoms with E-state index in [9.17, 15) is 9.90 Å². The first-order valence-electron chi connectivity index (χ1n) is 13.1. The molecule has 2 heterocycles. The van der Waals surface area contributed by atoms with Crippen LogP contribution in [0.15, 0.2) is 42.5 Å².